The summed E-state index contributed by atoms with van der Waals surface area (Å²) in [4.78, 5) is 24.0. The Kier molecular flexibility index (Phi) is 4.11. The minimum atomic E-state index is -0.816. The van der Waals surface area contributed by atoms with Crippen LogP contribution in [-0.4, -0.2) is 37.9 Å². The van der Waals surface area contributed by atoms with Crippen LogP contribution in [0.5, 0.6) is 0 Å². The van der Waals surface area contributed by atoms with E-state index in [4.69, 9.17) is 0 Å². The second kappa shape index (κ2) is 5.84. The van der Waals surface area contributed by atoms with Gasteiger partial charge in [-0.2, -0.15) is 10.2 Å². The van der Waals surface area contributed by atoms with E-state index in [1.807, 2.05) is 20.8 Å². The average molecular weight is 306 g/mol. The summed E-state index contributed by atoms with van der Waals surface area (Å²) in [5.41, 5.74) is -0.261. The molecule has 116 valence electrons. The van der Waals surface area contributed by atoms with Crippen LogP contribution in [0.1, 0.15) is 31.3 Å². The fraction of sp³-hybridized carbons (Fsp3) is 0.417. The van der Waals surface area contributed by atoms with Crippen LogP contribution < -0.4 is 4.90 Å². The molecule has 0 N–H and O–H groups in total. The topological polar surface area (TPSA) is 128 Å². The van der Waals surface area contributed by atoms with Gasteiger partial charge in [0.2, 0.25) is 0 Å². The predicted octanol–water partition coefficient (Wildman–Crippen LogP) is 1.46. The normalized spacial score (nSPS) is 11.2. The lowest BCUT2D eigenvalue weighted by atomic mass is 9.95. The Morgan fingerprint density at radius 3 is 2.64 bits per heavy atom. The number of anilines is 1. The van der Waals surface area contributed by atoms with E-state index in [0.717, 1.165) is 0 Å². The number of carbonyl (C=O) groups is 1. The molecule has 0 aliphatic carbocycles. The maximum Gasteiger partial charge on any atom is 0.447 e. The molecule has 0 fully saturated rings. The van der Waals surface area contributed by atoms with Gasteiger partial charge in [-0.25, -0.2) is 0 Å². The Balaban J connectivity index is 2.43. The quantitative estimate of drug-likeness (QED) is 0.613. The molecule has 2 heterocycles. The first kappa shape index (κ1) is 15.5. The zero-order valence-electron chi connectivity index (χ0n) is 12.3. The van der Waals surface area contributed by atoms with Crippen LogP contribution in [0, 0.1) is 15.5 Å². The molecule has 0 spiro atoms. The molecule has 0 bridgehead atoms. The van der Waals surface area contributed by atoms with Crippen molar-refractivity contribution in [3.63, 3.8) is 0 Å². The lowest BCUT2D eigenvalue weighted by Gasteiger charge is -2.28. The third kappa shape index (κ3) is 3.40. The van der Waals surface area contributed by atoms with E-state index in [1.165, 1.54) is 17.3 Å². The molecule has 22 heavy (non-hydrogen) atoms. The van der Waals surface area contributed by atoms with Crippen molar-refractivity contribution in [1.29, 1.82) is 0 Å². The monoisotopic (exact) mass is 306 g/mol. The van der Waals surface area contributed by atoms with E-state index >= 15 is 0 Å². The van der Waals surface area contributed by atoms with Gasteiger partial charge in [-0.1, -0.05) is 20.8 Å². The second-order valence-corrected chi connectivity index (χ2v) is 5.75. The summed E-state index contributed by atoms with van der Waals surface area (Å²) < 4.78 is 4.33. The molecule has 0 saturated heterocycles. The SMILES string of the molecule is CC(C)(C)CN(C(=O)c1nonc1[N+](=O)[O-])c1ccnnc1. The van der Waals surface area contributed by atoms with Crippen LogP contribution in [0.15, 0.2) is 23.1 Å². The summed E-state index contributed by atoms with van der Waals surface area (Å²) in [6.45, 7) is 6.08. The highest BCUT2D eigenvalue weighted by molar-refractivity contribution is 6.06. The molecule has 2 aromatic rings. The number of aromatic nitrogens is 4. The van der Waals surface area contributed by atoms with Gasteiger partial charge in [0.05, 0.1) is 18.1 Å². The fourth-order valence-electron chi connectivity index (χ4n) is 1.76. The number of hydrogen-bond donors (Lipinski definition) is 0. The zero-order valence-corrected chi connectivity index (χ0v) is 12.3. The number of hydrogen-bond acceptors (Lipinski definition) is 8. The van der Waals surface area contributed by atoms with E-state index in [-0.39, 0.29) is 5.41 Å². The zero-order chi connectivity index (χ0) is 16.3. The van der Waals surface area contributed by atoms with Gasteiger partial charge in [0.15, 0.2) is 5.16 Å². The first-order chi connectivity index (χ1) is 10.3. The van der Waals surface area contributed by atoms with Crippen molar-refractivity contribution in [2.24, 2.45) is 5.41 Å². The predicted molar refractivity (Wildman–Crippen MR) is 74.1 cm³/mol. The van der Waals surface area contributed by atoms with Crippen molar-refractivity contribution in [1.82, 2.24) is 20.5 Å². The Labute approximate surface area is 125 Å². The maximum absolute atomic E-state index is 12.6. The van der Waals surface area contributed by atoms with Gasteiger partial charge in [0.25, 0.3) is 11.6 Å². The summed E-state index contributed by atoms with van der Waals surface area (Å²) in [7, 11) is 0. The average Bonchev–Trinajstić information content (AvgIpc) is 2.93. The van der Waals surface area contributed by atoms with E-state index in [9.17, 15) is 14.9 Å². The molecule has 0 aromatic carbocycles. The number of rotatable bonds is 4. The van der Waals surface area contributed by atoms with E-state index in [2.05, 4.69) is 25.1 Å². The number of nitro groups is 1. The van der Waals surface area contributed by atoms with Gasteiger partial charge >= 0.3 is 5.82 Å². The first-order valence-electron chi connectivity index (χ1n) is 6.35. The fourth-order valence-corrected chi connectivity index (χ4v) is 1.76. The van der Waals surface area contributed by atoms with Gasteiger partial charge in [-0.3, -0.25) is 4.79 Å². The van der Waals surface area contributed by atoms with Crippen LogP contribution in [0.25, 0.3) is 0 Å². The van der Waals surface area contributed by atoms with Crippen LogP contribution >= 0.6 is 0 Å². The van der Waals surface area contributed by atoms with Crippen molar-refractivity contribution >= 4 is 17.4 Å². The molecule has 0 atom stereocenters. The van der Waals surface area contributed by atoms with E-state index in [1.54, 1.807) is 6.07 Å². The summed E-state index contributed by atoms with van der Waals surface area (Å²) in [5.74, 6) is -1.40. The molecular weight excluding hydrogens is 292 g/mol. The van der Waals surface area contributed by atoms with E-state index < -0.39 is 22.3 Å². The smallest absolute Gasteiger partial charge is 0.358 e. The van der Waals surface area contributed by atoms with Gasteiger partial charge in [-0.05, 0) is 21.6 Å². The Morgan fingerprint density at radius 2 is 2.09 bits per heavy atom. The number of nitrogens with zero attached hydrogens (tertiary/aromatic N) is 6. The highest BCUT2D eigenvalue weighted by Gasteiger charge is 2.34. The molecule has 10 heteroatoms. The molecule has 2 aromatic heterocycles. The number of amides is 1. The van der Waals surface area contributed by atoms with Gasteiger partial charge in [0.1, 0.15) is 0 Å². The molecule has 0 aliphatic rings. The Morgan fingerprint density at radius 1 is 1.36 bits per heavy atom. The highest BCUT2D eigenvalue weighted by atomic mass is 16.6. The van der Waals surface area contributed by atoms with Crippen LogP contribution in [0.2, 0.25) is 0 Å². The molecule has 0 aliphatic heterocycles. The molecule has 10 nitrogen and oxygen atoms in total. The molecule has 0 saturated carbocycles. The summed E-state index contributed by atoms with van der Waals surface area (Å²) in [6, 6.07) is 1.58. The third-order valence-electron chi connectivity index (χ3n) is 2.60. The second-order valence-electron chi connectivity index (χ2n) is 5.75. The molecule has 1 amide bonds. The first-order valence-corrected chi connectivity index (χ1v) is 6.35. The van der Waals surface area contributed by atoms with Gasteiger partial charge in [-0.15, -0.1) is 4.63 Å². The van der Waals surface area contributed by atoms with Crippen molar-refractivity contribution < 1.29 is 14.3 Å². The summed E-state index contributed by atoms with van der Waals surface area (Å²) in [5, 5.41) is 24.8. The molecule has 0 unspecified atom stereocenters. The molecule has 2 rings (SSSR count). The standard InChI is InChI=1S/C12H14N6O4/c1-12(2,3)7-17(8-4-5-13-14-6-8)11(19)9-10(18(20)21)16-22-15-9/h4-6H,7H2,1-3H3. The van der Waals surface area contributed by atoms with Crippen LogP contribution in [0.4, 0.5) is 11.5 Å². The van der Waals surface area contributed by atoms with E-state index in [0.29, 0.717) is 12.2 Å². The summed E-state index contributed by atoms with van der Waals surface area (Å²) >= 11 is 0. The number of carbonyl (C=O) groups excluding carboxylic acids is 1. The Hall–Kier alpha value is -2.91. The largest absolute Gasteiger partial charge is 0.447 e. The van der Waals surface area contributed by atoms with Crippen molar-refractivity contribution in [3.8, 4) is 0 Å². The minimum Gasteiger partial charge on any atom is -0.358 e. The van der Waals surface area contributed by atoms with Crippen LogP contribution in [0.3, 0.4) is 0 Å². The van der Waals surface area contributed by atoms with Gasteiger partial charge in [0, 0.05) is 6.54 Å². The van der Waals surface area contributed by atoms with Crippen molar-refractivity contribution in [2.45, 2.75) is 20.8 Å². The minimum absolute atomic E-state index is 0.259. The van der Waals surface area contributed by atoms with Crippen molar-refractivity contribution in [2.75, 3.05) is 11.4 Å². The van der Waals surface area contributed by atoms with Crippen molar-refractivity contribution in [3.05, 3.63) is 34.3 Å². The van der Waals surface area contributed by atoms with Crippen LogP contribution in [-0.2, 0) is 0 Å². The molecular formula is C12H14N6O4. The lowest BCUT2D eigenvalue weighted by Crippen LogP contribution is -2.38. The summed E-state index contributed by atoms with van der Waals surface area (Å²) in [6.07, 6.45) is 2.82. The maximum atomic E-state index is 12.6. The highest BCUT2D eigenvalue weighted by Crippen LogP contribution is 2.24. The molecule has 0 radical (unpaired) electrons. The van der Waals surface area contributed by atoms with Gasteiger partial charge < -0.3 is 15.0 Å². The third-order valence-corrected chi connectivity index (χ3v) is 2.60. The lowest BCUT2D eigenvalue weighted by molar-refractivity contribution is -0.391. The Bertz CT molecular complexity index is 678.